The number of hydrogen-bond acceptors (Lipinski definition) is 6. The zero-order valence-corrected chi connectivity index (χ0v) is 21.1. The number of H-pyrrole nitrogens is 1. The minimum absolute atomic E-state index is 0.0653. The van der Waals surface area contributed by atoms with E-state index in [2.05, 4.69) is 34.4 Å². The Morgan fingerprint density at radius 2 is 1.72 bits per heavy atom. The van der Waals surface area contributed by atoms with Gasteiger partial charge in [0.1, 0.15) is 6.54 Å². The van der Waals surface area contributed by atoms with Gasteiger partial charge in [-0.15, -0.1) is 0 Å². The Kier molecular flexibility index (Phi) is 8.88. The average Bonchev–Trinajstić information content (AvgIpc) is 3.14. The molecule has 3 aromatic rings. The SMILES string of the molecule is CCOC(=O)Cn1c(=O)[nH]c2cc(C)cc(CC(=O)NCC(=O)Nc3ccc(N(CC)CC)cc3)c21. The van der Waals surface area contributed by atoms with E-state index >= 15 is 0 Å². The zero-order chi connectivity index (χ0) is 26.2. The number of aromatic amines is 1. The maximum absolute atomic E-state index is 12.7. The number of amides is 2. The van der Waals surface area contributed by atoms with Gasteiger partial charge in [-0.25, -0.2) is 4.79 Å². The Labute approximate surface area is 209 Å². The number of aromatic nitrogens is 2. The summed E-state index contributed by atoms with van der Waals surface area (Å²) in [5, 5.41) is 5.40. The molecule has 0 spiro atoms. The van der Waals surface area contributed by atoms with E-state index in [-0.39, 0.29) is 37.9 Å². The van der Waals surface area contributed by atoms with Crippen LogP contribution in [0.2, 0.25) is 0 Å². The molecular weight excluding hydrogens is 462 g/mol. The van der Waals surface area contributed by atoms with Crippen LogP contribution in [0.25, 0.3) is 11.0 Å². The number of nitrogens with zero attached hydrogens (tertiary/aromatic N) is 2. The van der Waals surface area contributed by atoms with Crippen LogP contribution in [0.15, 0.2) is 41.2 Å². The van der Waals surface area contributed by atoms with Crippen molar-refractivity contribution in [1.29, 1.82) is 0 Å². The highest BCUT2D eigenvalue weighted by atomic mass is 16.5. The third-order valence-electron chi connectivity index (χ3n) is 5.76. The number of ether oxygens (including phenoxy) is 1. The van der Waals surface area contributed by atoms with Crippen LogP contribution in [-0.2, 0) is 32.1 Å². The number of anilines is 2. The fraction of sp³-hybridized carbons (Fsp3) is 0.385. The van der Waals surface area contributed by atoms with Crippen LogP contribution in [0.3, 0.4) is 0 Å². The number of carbonyl (C=O) groups excluding carboxylic acids is 3. The summed E-state index contributed by atoms with van der Waals surface area (Å²) in [5.74, 6) is -1.28. The molecule has 1 heterocycles. The molecule has 0 bridgehead atoms. The largest absolute Gasteiger partial charge is 0.465 e. The lowest BCUT2D eigenvalue weighted by Crippen LogP contribution is -2.34. The second kappa shape index (κ2) is 12.1. The van der Waals surface area contributed by atoms with E-state index in [0.29, 0.717) is 22.3 Å². The fourth-order valence-corrected chi connectivity index (χ4v) is 4.14. The Bertz CT molecular complexity index is 1290. The molecule has 10 heteroatoms. The first-order chi connectivity index (χ1) is 17.2. The van der Waals surface area contributed by atoms with Gasteiger partial charge in [0.25, 0.3) is 0 Å². The summed E-state index contributed by atoms with van der Waals surface area (Å²) in [6.45, 7) is 9.22. The van der Waals surface area contributed by atoms with Crippen molar-refractivity contribution in [2.75, 3.05) is 36.5 Å². The van der Waals surface area contributed by atoms with Crippen LogP contribution in [0.5, 0.6) is 0 Å². The van der Waals surface area contributed by atoms with Crippen molar-refractivity contribution in [2.45, 2.75) is 40.7 Å². The summed E-state index contributed by atoms with van der Waals surface area (Å²) in [7, 11) is 0. The summed E-state index contributed by atoms with van der Waals surface area (Å²) >= 11 is 0. The highest BCUT2D eigenvalue weighted by Gasteiger charge is 2.17. The Hall–Kier alpha value is -4.08. The average molecular weight is 496 g/mol. The van der Waals surface area contributed by atoms with Gasteiger partial charge < -0.3 is 25.3 Å². The van der Waals surface area contributed by atoms with Crippen LogP contribution < -0.4 is 21.2 Å². The van der Waals surface area contributed by atoms with E-state index in [4.69, 9.17) is 4.74 Å². The van der Waals surface area contributed by atoms with E-state index in [9.17, 15) is 19.2 Å². The number of fused-ring (bicyclic) bond motifs is 1. The van der Waals surface area contributed by atoms with Crippen LogP contribution in [0.1, 0.15) is 31.9 Å². The first kappa shape index (κ1) is 26.5. The second-order valence-corrected chi connectivity index (χ2v) is 8.36. The van der Waals surface area contributed by atoms with E-state index < -0.39 is 11.7 Å². The molecule has 0 atom stereocenters. The minimum atomic E-state index is -0.543. The summed E-state index contributed by atoms with van der Waals surface area (Å²) in [4.78, 5) is 54.4. The van der Waals surface area contributed by atoms with Gasteiger partial charge in [-0.1, -0.05) is 6.07 Å². The monoisotopic (exact) mass is 495 g/mol. The number of esters is 1. The molecule has 0 aliphatic heterocycles. The van der Waals surface area contributed by atoms with Gasteiger partial charge in [-0.05, 0) is 69.2 Å². The zero-order valence-electron chi connectivity index (χ0n) is 21.1. The van der Waals surface area contributed by atoms with Crippen molar-refractivity contribution in [3.05, 3.63) is 58.0 Å². The number of carbonyl (C=O) groups is 3. The van der Waals surface area contributed by atoms with Crippen molar-refractivity contribution in [3.63, 3.8) is 0 Å². The van der Waals surface area contributed by atoms with Gasteiger partial charge in [0, 0.05) is 24.5 Å². The lowest BCUT2D eigenvalue weighted by Gasteiger charge is -2.21. The normalized spacial score (nSPS) is 10.8. The summed E-state index contributed by atoms with van der Waals surface area (Å²) in [6.07, 6.45) is -0.0653. The third-order valence-corrected chi connectivity index (χ3v) is 5.76. The molecule has 0 aliphatic rings. The first-order valence-electron chi connectivity index (χ1n) is 12.0. The molecule has 3 rings (SSSR count). The molecule has 1 aromatic heterocycles. The van der Waals surface area contributed by atoms with Crippen LogP contribution >= 0.6 is 0 Å². The highest BCUT2D eigenvalue weighted by molar-refractivity contribution is 5.95. The van der Waals surface area contributed by atoms with Crippen molar-refractivity contribution in [2.24, 2.45) is 0 Å². The molecule has 0 fully saturated rings. The smallest absolute Gasteiger partial charge is 0.327 e. The molecule has 0 radical (unpaired) electrons. The van der Waals surface area contributed by atoms with E-state index in [0.717, 1.165) is 24.3 Å². The number of aryl methyl sites for hydroxylation is 1. The van der Waals surface area contributed by atoms with Gasteiger partial charge in [0.05, 0.1) is 30.6 Å². The standard InChI is InChI=1S/C26H33N5O5/c1-5-30(6-2)20-10-8-19(9-11-20)28-23(33)15-27-22(32)14-18-12-17(4)13-21-25(18)31(26(35)29-21)16-24(34)36-7-3/h8-13H,5-7,14-16H2,1-4H3,(H,27,32)(H,28,33)(H,29,35). The molecule has 2 aromatic carbocycles. The van der Waals surface area contributed by atoms with Gasteiger partial charge in [-0.3, -0.25) is 19.0 Å². The molecule has 10 nitrogen and oxygen atoms in total. The lowest BCUT2D eigenvalue weighted by molar-refractivity contribution is -0.143. The number of hydrogen-bond donors (Lipinski definition) is 3. The first-order valence-corrected chi connectivity index (χ1v) is 12.0. The van der Waals surface area contributed by atoms with Gasteiger partial charge in [0.2, 0.25) is 11.8 Å². The fourth-order valence-electron chi connectivity index (χ4n) is 4.14. The summed E-state index contributed by atoms with van der Waals surface area (Å²) in [6, 6.07) is 11.1. The van der Waals surface area contributed by atoms with Gasteiger partial charge >= 0.3 is 11.7 Å². The van der Waals surface area contributed by atoms with Crippen molar-refractivity contribution >= 4 is 40.2 Å². The quantitative estimate of drug-likeness (QED) is 0.351. The molecule has 192 valence electrons. The molecule has 36 heavy (non-hydrogen) atoms. The predicted molar refractivity (Wildman–Crippen MR) is 139 cm³/mol. The number of benzene rings is 2. The Morgan fingerprint density at radius 1 is 1.03 bits per heavy atom. The van der Waals surface area contributed by atoms with Gasteiger partial charge in [0.15, 0.2) is 0 Å². The number of imidazole rings is 1. The lowest BCUT2D eigenvalue weighted by atomic mass is 10.1. The van der Waals surface area contributed by atoms with Crippen molar-refractivity contribution in [1.82, 2.24) is 14.9 Å². The molecule has 3 N–H and O–H groups in total. The summed E-state index contributed by atoms with van der Waals surface area (Å²) < 4.78 is 6.24. The molecule has 0 unspecified atom stereocenters. The van der Waals surface area contributed by atoms with E-state index in [1.54, 1.807) is 19.1 Å². The maximum Gasteiger partial charge on any atom is 0.327 e. The summed E-state index contributed by atoms with van der Waals surface area (Å²) in [5.41, 5.74) is 3.65. The van der Waals surface area contributed by atoms with Crippen LogP contribution in [-0.4, -0.2) is 53.6 Å². The van der Waals surface area contributed by atoms with Gasteiger partial charge in [-0.2, -0.15) is 0 Å². The number of nitrogens with one attached hydrogen (secondary N) is 3. The predicted octanol–water partition coefficient (Wildman–Crippen LogP) is 2.34. The third kappa shape index (κ3) is 6.53. The van der Waals surface area contributed by atoms with Crippen LogP contribution in [0.4, 0.5) is 11.4 Å². The maximum atomic E-state index is 12.7. The minimum Gasteiger partial charge on any atom is -0.465 e. The van der Waals surface area contributed by atoms with E-state index in [1.165, 1.54) is 4.57 Å². The topological polar surface area (TPSA) is 126 Å². The van der Waals surface area contributed by atoms with Crippen molar-refractivity contribution < 1.29 is 19.1 Å². The Balaban J connectivity index is 1.65. The van der Waals surface area contributed by atoms with Crippen LogP contribution in [0, 0.1) is 6.92 Å². The molecule has 0 saturated carbocycles. The Morgan fingerprint density at radius 3 is 2.36 bits per heavy atom. The van der Waals surface area contributed by atoms with Crippen molar-refractivity contribution in [3.8, 4) is 0 Å². The highest BCUT2D eigenvalue weighted by Crippen LogP contribution is 2.20. The molecule has 2 amide bonds. The number of rotatable bonds is 11. The molecular formula is C26H33N5O5. The molecule has 0 saturated heterocycles. The molecule has 0 aliphatic carbocycles. The van der Waals surface area contributed by atoms with E-state index in [1.807, 2.05) is 31.2 Å². The second-order valence-electron chi connectivity index (χ2n) is 8.36.